The molecule has 2 aromatic carbocycles. The Morgan fingerprint density at radius 1 is 1.02 bits per heavy atom. The second-order valence-electron chi connectivity index (χ2n) is 14.9. The number of morpholine rings is 1. The first-order chi connectivity index (χ1) is 24.6. The number of hydrogen-bond acceptors (Lipinski definition) is 8. The molecular formula is C40H49ClN4O5S. The molecule has 2 fully saturated rings. The topological polar surface area (TPSA) is 101 Å². The van der Waals surface area contributed by atoms with Crippen LogP contribution in [0.3, 0.4) is 0 Å². The highest BCUT2D eigenvalue weighted by molar-refractivity contribution is 7.90. The molecular weight excluding hydrogens is 684 g/mol. The Bertz CT molecular complexity index is 1860. The van der Waals surface area contributed by atoms with Crippen LogP contribution in [0.15, 0.2) is 73.1 Å². The summed E-state index contributed by atoms with van der Waals surface area (Å²) in [5.74, 6) is 0.451. The molecule has 4 heterocycles. The molecule has 1 aromatic heterocycles. The van der Waals surface area contributed by atoms with E-state index in [9.17, 15) is 13.2 Å². The van der Waals surface area contributed by atoms with Crippen LogP contribution in [0.4, 0.5) is 5.69 Å². The summed E-state index contributed by atoms with van der Waals surface area (Å²) >= 11 is 6.39. The van der Waals surface area contributed by atoms with E-state index in [0.717, 1.165) is 76.1 Å². The summed E-state index contributed by atoms with van der Waals surface area (Å²) in [6.07, 6.45) is 13.5. The first-order valence-corrected chi connectivity index (χ1v) is 20.3. The Labute approximate surface area is 307 Å². The van der Waals surface area contributed by atoms with Crippen molar-refractivity contribution in [3.63, 3.8) is 0 Å². The summed E-state index contributed by atoms with van der Waals surface area (Å²) in [4.78, 5) is 22.6. The number of hydrogen-bond donors (Lipinski definition) is 1. The van der Waals surface area contributed by atoms with E-state index in [4.69, 9.17) is 21.1 Å². The van der Waals surface area contributed by atoms with Crippen molar-refractivity contribution in [3.8, 4) is 5.75 Å². The van der Waals surface area contributed by atoms with Gasteiger partial charge in [-0.05, 0) is 122 Å². The number of rotatable bonds is 2. The highest BCUT2D eigenvalue weighted by Crippen LogP contribution is 2.48. The van der Waals surface area contributed by atoms with E-state index in [2.05, 4.69) is 43.8 Å². The maximum absolute atomic E-state index is 13.6. The van der Waals surface area contributed by atoms with Gasteiger partial charge in [0.15, 0.2) is 0 Å². The van der Waals surface area contributed by atoms with Gasteiger partial charge in [0, 0.05) is 55.7 Å². The van der Waals surface area contributed by atoms with Crippen molar-refractivity contribution >= 4 is 33.2 Å². The van der Waals surface area contributed by atoms with Crippen LogP contribution in [-0.4, -0.2) is 67.8 Å². The number of carbonyl (C=O) groups is 1. The van der Waals surface area contributed by atoms with Crippen LogP contribution in [0.2, 0.25) is 5.02 Å². The third-order valence-electron chi connectivity index (χ3n) is 11.6. The molecule has 0 radical (unpaired) electrons. The van der Waals surface area contributed by atoms with Gasteiger partial charge in [0.1, 0.15) is 18.0 Å². The molecule has 1 amide bonds. The van der Waals surface area contributed by atoms with Gasteiger partial charge in [-0.1, -0.05) is 36.7 Å². The van der Waals surface area contributed by atoms with Crippen molar-refractivity contribution in [3.05, 3.63) is 100 Å². The minimum atomic E-state index is -3.95. The molecule has 7 rings (SSSR count). The number of anilines is 1. The van der Waals surface area contributed by atoms with Gasteiger partial charge in [0.2, 0.25) is 10.0 Å². The van der Waals surface area contributed by atoms with Crippen molar-refractivity contribution < 1.29 is 22.7 Å². The van der Waals surface area contributed by atoms with E-state index >= 15 is 0 Å². The Morgan fingerprint density at radius 3 is 2.67 bits per heavy atom. The van der Waals surface area contributed by atoms with Crippen molar-refractivity contribution in [2.75, 3.05) is 37.7 Å². The van der Waals surface area contributed by atoms with Crippen molar-refractivity contribution in [1.82, 2.24) is 14.6 Å². The molecule has 1 N–H and O–H groups in total. The number of amides is 1. The standard InChI is InChI=1S/C40H49ClN4O5S/c1-28-6-5-16-40(27-44(20-21-50-40)24-30-14-17-42-18-15-30)36-12-9-33(36)25-45-19-4-3-7-31-22-35(41)11-8-34(31)26-49-38-13-10-32(23-37(38)45)39(46)43-51(47,48)29(28)2/h5,8,10-11,13-18,22-23,28-29,33,36H,3-4,6-7,9,12,19-21,24-27H2,1-2H3,(H,43,46)/b16-5+/t28-,29+,33-,36+,40-/m0/s1. The summed E-state index contributed by atoms with van der Waals surface area (Å²) < 4.78 is 42.9. The molecule has 9 nitrogen and oxygen atoms in total. The molecule has 51 heavy (non-hydrogen) atoms. The number of nitrogens with zero attached hydrogens (tertiary/aromatic N) is 3. The quantitative estimate of drug-likeness (QED) is 0.288. The number of benzene rings is 2. The fourth-order valence-corrected chi connectivity index (χ4v) is 9.70. The number of fused-ring (bicyclic) bond motifs is 4. The molecule has 5 atom stereocenters. The van der Waals surface area contributed by atoms with Crippen LogP contribution in [0.5, 0.6) is 5.75 Å². The predicted octanol–water partition coefficient (Wildman–Crippen LogP) is 6.80. The minimum Gasteiger partial charge on any atom is -0.487 e. The summed E-state index contributed by atoms with van der Waals surface area (Å²) in [7, 11) is -3.95. The number of nitrogens with one attached hydrogen (secondary N) is 1. The number of aromatic nitrogens is 1. The maximum Gasteiger partial charge on any atom is 0.264 e. The van der Waals surface area contributed by atoms with E-state index in [1.54, 1.807) is 13.0 Å². The summed E-state index contributed by atoms with van der Waals surface area (Å²) in [5.41, 5.74) is 4.10. The van der Waals surface area contributed by atoms with Crippen molar-refractivity contribution in [2.45, 2.75) is 76.4 Å². The first kappa shape index (κ1) is 35.9. The van der Waals surface area contributed by atoms with Crippen molar-refractivity contribution in [1.29, 1.82) is 0 Å². The lowest BCUT2D eigenvalue weighted by Gasteiger charge is -2.53. The summed E-state index contributed by atoms with van der Waals surface area (Å²) in [5, 5.41) is -0.0668. The van der Waals surface area contributed by atoms with E-state index in [1.165, 1.54) is 11.1 Å². The van der Waals surface area contributed by atoms with E-state index < -0.39 is 26.8 Å². The maximum atomic E-state index is 13.6. The molecule has 11 heteroatoms. The highest BCUT2D eigenvalue weighted by Gasteiger charge is 2.50. The number of carbonyl (C=O) groups excluding carboxylic acids is 1. The van der Waals surface area contributed by atoms with Gasteiger partial charge < -0.3 is 14.4 Å². The zero-order chi connectivity index (χ0) is 35.6. The molecule has 3 aliphatic heterocycles. The van der Waals surface area contributed by atoms with E-state index in [0.29, 0.717) is 41.9 Å². The first-order valence-electron chi connectivity index (χ1n) is 18.4. The molecule has 272 valence electrons. The van der Waals surface area contributed by atoms with Gasteiger partial charge in [-0.2, -0.15) is 0 Å². The normalized spacial score (nSPS) is 29.3. The Morgan fingerprint density at radius 2 is 1.86 bits per heavy atom. The SMILES string of the molecule is C[C@@H]1[C@@H](C)C/C=C/[C@]2(CN(Cc3ccncc3)CCO2)[C@@H]2CC[C@H]2CN2CCCCc3cc(Cl)ccc3COc3ccc(cc32)C(=O)NS1(=O)=O. The molecule has 3 aromatic rings. The molecule has 1 saturated carbocycles. The zero-order valence-corrected chi connectivity index (χ0v) is 31.2. The lowest BCUT2D eigenvalue weighted by Crippen LogP contribution is -2.59. The van der Waals surface area contributed by atoms with E-state index in [-0.39, 0.29) is 11.8 Å². The lowest BCUT2D eigenvalue weighted by molar-refractivity contribution is -0.145. The molecule has 1 spiro atoms. The van der Waals surface area contributed by atoms with E-state index in [1.807, 2.05) is 49.6 Å². The average molecular weight is 733 g/mol. The summed E-state index contributed by atoms with van der Waals surface area (Å²) in [6, 6.07) is 15.4. The average Bonchev–Trinajstić information content (AvgIpc) is 3.13. The molecule has 0 unspecified atom stereocenters. The second-order valence-corrected chi connectivity index (χ2v) is 17.4. The number of halogens is 1. The van der Waals surface area contributed by atoms with Crippen LogP contribution in [0, 0.1) is 17.8 Å². The van der Waals surface area contributed by atoms with Crippen LogP contribution in [0.1, 0.15) is 73.0 Å². The van der Waals surface area contributed by atoms with Gasteiger partial charge >= 0.3 is 0 Å². The number of sulfonamides is 1. The molecule has 1 saturated heterocycles. The predicted molar refractivity (Wildman–Crippen MR) is 201 cm³/mol. The Balaban J connectivity index is 1.26. The fourth-order valence-electron chi connectivity index (χ4n) is 8.22. The molecule has 2 bridgehead atoms. The van der Waals surface area contributed by atoms with Crippen LogP contribution >= 0.6 is 11.6 Å². The molecule has 4 aliphatic rings. The monoisotopic (exact) mass is 732 g/mol. The smallest absolute Gasteiger partial charge is 0.264 e. The third-order valence-corrected chi connectivity index (χ3v) is 13.7. The van der Waals surface area contributed by atoms with Gasteiger partial charge in [-0.25, -0.2) is 13.1 Å². The van der Waals surface area contributed by atoms with Crippen molar-refractivity contribution in [2.24, 2.45) is 17.8 Å². The van der Waals surface area contributed by atoms with Crippen LogP contribution < -0.4 is 14.4 Å². The van der Waals surface area contributed by atoms with Crippen LogP contribution in [0.25, 0.3) is 0 Å². The second kappa shape index (κ2) is 15.3. The Hall–Kier alpha value is -3.44. The number of ether oxygens (including phenoxy) is 2. The van der Waals surface area contributed by atoms with Crippen LogP contribution in [-0.2, 0) is 34.3 Å². The van der Waals surface area contributed by atoms with Gasteiger partial charge in [0.25, 0.3) is 5.91 Å². The van der Waals surface area contributed by atoms with Gasteiger partial charge in [-0.3, -0.25) is 14.7 Å². The zero-order valence-electron chi connectivity index (χ0n) is 29.6. The molecule has 1 aliphatic carbocycles. The Kier molecular flexibility index (Phi) is 10.8. The number of pyridine rings is 1. The third kappa shape index (κ3) is 7.99. The van der Waals surface area contributed by atoms with Gasteiger partial charge in [-0.15, -0.1) is 0 Å². The number of aryl methyl sites for hydroxylation is 1. The van der Waals surface area contributed by atoms with Gasteiger partial charge in [0.05, 0.1) is 17.5 Å². The fraction of sp³-hybridized carbons (Fsp3) is 0.500. The highest BCUT2D eigenvalue weighted by atomic mass is 35.5. The summed E-state index contributed by atoms with van der Waals surface area (Å²) in [6.45, 7) is 8.56. The number of allylic oxidation sites excluding steroid dienone is 1. The largest absolute Gasteiger partial charge is 0.487 e. The minimum absolute atomic E-state index is 0.223. The lowest BCUT2D eigenvalue weighted by atomic mass is 9.63.